The lowest BCUT2D eigenvalue weighted by Gasteiger charge is -2.28. The first kappa shape index (κ1) is 14.0. The van der Waals surface area contributed by atoms with Gasteiger partial charge in [-0.3, -0.25) is 4.79 Å². The summed E-state index contributed by atoms with van der Waals surface area (Å²) in [6, 6.07) is 6.90. The Bertz CT molecular complexity index is 431. The summed E-state index contributed by atoms with van der Waals surface area (Å²) >= 11 is 0. The van der Waals surface area contributed by atoms with Crippen LogP contribution >= 0.6 is 0 Å². The van der Waals surface area contributed by atoms with Gasteiger partial charge < -0.3 is 10.8 Å². The van der Waals surface area contributed by atoms with Crippen molar-refractivity contribution >= 4 is 17.7 Å². The van der Waals surface area contributed by atoms with E-state index in [1.54, 1.807) is 24.3 Å². The van der Waals surface area contributed by atoms with E-state index in [1.165, 1.54) is 14.0 Å². The molecule has 98 valence electrons. The molecule has 0 heterocycles. The molecule has 0 aliphatic heterocycles. The fourth-order valence-electron chi connectivity index (χ4n) is 1.52. The Labute approximate surface area is 106 Å². The van der Waals surface area contributed by atoms with E-state index in [-0.39, 0.29) is 5.91 Å². The monoisotopic (exact) mass is 251 g/mol. The highest BCUT2D eigenvalue weighted by Gasteiger charge is 2.21. The normalized spacial score (nSPS) is 9.94. The summed E-state index contributed by atoms with van der Waals surface area (Å²) in [5, 5.41) is 11.1. The van der Waals surface area contributed by atoms with Crippen molar-refractivity contribution in [3.05, 3.63) is 29.8 Å². The number of benzene rings is 1. The van der Waals surface area contributed by atoms with Gasteiger partial charge in [-0.25, -0.2) is 9.80 Å². The smallest absolute Gasteiger partial charge is 0.431 e. The molecular formula is C12H17N3O3. The molecule has 0 atom stereocenters. The number of rotatable bonds is 3. The van der Waals surface area contributed by atoms with Crippen molar-refractivity contribution in [1.82, 2.24) is 5.01 Å². The van der Waals surface area contributed by atoms with E-state index >= 15 is 0 Å². The van der Waals surface area contributed by atoms with Crippen LogP contribution in [0.5, 0.6) is 0 Å². The number of hydrazine groups is 1. The van der Waals surface area contributed by atoms with Crippen LogP contribution in [0.25, 0.3) is 0 Å². The molecule has 0 unspecified atom stereocenters. The highest BCUT2D eigenvalue weighted by Crippen LogP contribution is 2.17. The topological polar surface area (TPSA) is 86.9 Å². The molecule has 2 amide bonds. The minimum atomic E-state index is -1.21. The fraction of sp³-hybridized carbons (Fsp3) is 0.333. The van der Waals surface area contributed by atoms with Crippen LogP contribution in [0.4, 0.5) is 10.5 Å². The number of nitrogens with two attached hydrogens (primary N) is 1. The maximum atomic E-state index is 11.2. The molecule has 0 saturated carbocycles. The molecule has 1 aromatic rings. The standard InChI is InChI=1S/C12H17N3O3/c1-9(16)14(2)15(12(17)18)11-5-3-10(4-6-11)7-8-13/h3-6H,7-8,13H2,1-2H3,(H,17,18). The van der Waals surface area contributed by atoms with Gasteiger partial charge in [0, 0.05) is 14.0 Å². The molecule has 6 nitrogen and oxygen atoms in total. The molecule has 18 heavy (non-hydrogen) atoms. The van der Waals surface area contributed by atoms with Gasteiger partial charge in [-0.05, 0) is 30.7 Å². The SMILES string of the molecule is CC(=O)N(C)N(C(=O)O)c1ccc(CCN)cc1. The summed E-state index contributed by atoms with van der Waals surface area (Å²) in [6.45, 7) is 1.84. The average molecular weight is 251 g/mol. The van der Waals surface area contributed by atoms with Crippen molar-refractivity contribution in [1.29, 1.82) is 0 Å². The van der Waals surface area contributed by atoms with Gasteiger partial charge in [0.15, 0.2) is 0 Å². The summed E-state index contributed by atoms with van der Waals surface area (Å²) in [6.07, 6.45) is -0.477. The third kappa shape index (κ3) is 3.21. The van der Waals surface area contributed by atoms with Crippen molar-refractivity contribution in [2.24, 2.45) is 5.73 Å². The van der Waals surface area contributed by atoms with Crippen molar-refractivity contribution in [2.75, 3.05) is 18.6 Å². The number of nitrogens with zero attached hydrogens (tertiary/aromatic N) is 2. The molecule has 0 aromatic heterocycles. The summed E-state index contributed by atoms with van der Waals surface area (Å²) in [7, 11) is 1.41. The molecular weight excluding hydrogens is 234 g/mol. The van der Waals surface area contributed by atoms with Crippen LogP contribution in [0.3, 0.4) is 0 Å². The number of amides is 2. The molecule has 6 heteroatoms. The number of anilines is 1. The number of hydrogen-bond donors (Lipinski definition) is 2. The van der Waals surface area contributed by atoms with Crippen molar-refractivity contribution < 1.29 is 14.7 Å². The summed E-state index contributed by atoms with van der Waals surface area (Å²) in [4.78, 5) is 22.4. The van der Waals surface area contributed by atoms with Crippen molar-refractivity contribution in [3.63, 3.8) is 0 Å². The maximum Gasteiger partial charge on any atom is 0.431 e. The van der Waals surface area contributed by atoms with E-state index in [2.05, 4.69) is 0 Å². The van der Waals surface area contributed by atoms with Gasteiger partial charge in [-0.15, -0.1) is 0 Å². The molecule has 1 rings (SSSR count). The highest BCUT2D eigenvalue weighted by molar-refractivity contribution is 5.90. The first-order valence-corrected chi connectivity index (χ1v) is 5.53. The number of hydrogen-bond acceptors (Lipinski definition) is 3. The Morgan fingerprint density at radius 3 is 2.22 bits per heavy atom. The second-order valence-corrected chi connectivity index (χ2v) is 3.84. The van der Waals surface area contributed by atoms with Crippen LogP contribution in [0, 0.1) is 0 Å². The number of carboxylic acid groups (broad SMARTS) is 1. The van der Waals surface area contributed by atoms with E-state index < -0.39 is 6.09 Å². The molecule has 0 aliphatic rings. The van der Waals surface area contributed by atoms with Crippen LogP contribution in [-0.2, 0) is 11.2 Å². The van der Waals surface area contributed by atoms with E-state index in [0.717, 1.165) is 22.0 Å². The van der Waals surface area contributed by atoms with Crippen LogP contribution in [-0.4, -0.2) is 35.7 Å². The Morgan fingerprint density at radius 2 is 1.83 bits per heavy atom. The van der Waals surface area contributed by atoms with Crippen molar-refractivity contribution in [3.8, 4) is 0 Å². The zero-order chi connectivity index (χ0) is 13.7. The highest BCUT2D eigenvalue weighted by atomic mass is 16.4. The third-order valence-corrected chi connectivity index (χ3v) is 2.55. The van der Waals surface area contributed by atoms with Gasteiger partial charge in [-0.1, -0.05) is 12.1 Å². The van der Waals surface area contributed by atoms with Gasteiger partial charge in [0.1, 0.15) is 0 Å². The Morgan fingerprint density at radius 1 is 1.28 bits per heavy atom. The first-order chi connectivity index (χ1) is 8.47. The Balaban J connectivity index is 2.99. The number of carbonyl (C=O) groups excluding carboxylic acids is 1. The van der Waals surface area contributed by atoms with Gasteiger partial charge in [-0.2, -0.15) is 5.01 Å². The predicted octanol–water partition coefficient (Wildman–Crippen LogP) is 1.07. The predicted molar refractivity (Wildman–Crippen MR) is 68.1 cm³/mol. The minimum absolute atomic E-state index is 0.358. The average Bonchev–Trinajstić information content (AvgIpc) is 2.31. The van der Waals surface area contributed by atoms with E-state index in [4.69, 9.17) is 10.8 Å². The number of carbonyl (C=O) groups is 2. The maximum absolute atomic E-state index is 11.2. The fourth-order valence-corrected chi connectivity index (χ4v) is 1.52. The zero-order valence-electron chi connectivity index (χ0n) is 10.5. The lowest BCUT2D eigenvalue weighted by molar-refractivity contribution is -0.127. The van der Waals surface area contributed by atoms with Crippen molar-refractivity contribution in [2.45, 2.75) is 13.3 Å². The van der Waals surface area contributed by atoms with Crippen LogP contribution < -0.4 is 10.7 Å². The Kier molecular flexibility index (Phi) is 4.67. The molecule has 0 bridgehead atoms. The van der Waals surface area contributed by atoms with Crippen LogP contribution in [0.1, 0.15) is 12.5 Å². The van der Waals surface area contributed by atoms with Gasteiger partial charge in [0.05, 0.1) is 5.69 Å². The largest absolute Gasteiger partial charge is 0.463 e. The molecule has 3 N–H and O–H groups in total. The van der Waals surface area contributed by atoms with Crippen LogP contribution in [0.2, 0.25) is 0 Å². The summed E-state index contributed by atoms with van der Waals surface area (Å²) in [5.74, 6) is -0.358. The van der Waals surface area contributed by atoms with Crippen LogP contribution in [0.15, 0.2) is 24.3 Å². The molecule has 1 aromatic carbocycles. The molecule has 0 aliphatic carbocycles. The summed E-state index contributed by atoms with van der Waals surface area (Å²) in [5.41, 5.74) is 6.88. The van der Waals surface area contributed by atoms with E-state index in [1.807, 2.05) is 0 Å². The lowest BCUT2D eigenvalue weighted by atomic mass is 10.1. The van der Waals surface area contributed by atoms with E-state index in [9.17, 15) is 9.59 Å². The van der Waals surface area contributed by atoms with Gasteiger partial charge in [0.25, 0.3) is 0 Å². The zero-order valence-corrected chi connectivity index (χ0v) is 10.5. The molecule has 0 fully saturated rings. The minimum Gasteiger partial charge on any atom is -0.463 e. The molecule has 0 saturated heterocycles. The van der Waals surface area contributed by atoms with Gasteiger partial charge >= 0.3 is 6.09 Å². The molecule has 0 radical (unpaired) electrons. The molecule has 0 spiro atoms. The second-order valence-electron chi connectivity index (χ2n) is 3.84. The Hall–Kier alpha value is -2.08. The van der Waals surface area contributed by atoms with E-state index in [0.29, 0.717) is 12.2 Å². The quantitative estimate of drug-likeness (QED) is 0.786. The second kappa shape index (κ2) is 6.02. The third-order valence-electron chi connectivity index (χ3n) is 2.55. The first-order valence-electron chi connectivity index (χ1n) is 5.53. The lowest BCUT2D eigenvalue weighted by Crippen LogP contribution is -2.46. The summed E-state index contributed by atoms with van der Waals surface area (Å²) < 4.78 is 0. The van der Waals surface area contributed by atoms with Gasteiger partial charge in [0.2, 0.25) is 5.91 Å².